The molecule has 0 aliphatic heterocycles. The van der Waals surface area contributed by atoms with E-state index in [9.17, 15) is 4.79 Å². The summed E-state index contributed by atoms with van der Waals surface area (Å²) in [5.41, 5.74) is 7.97. The fraction of sp³-hybridized carbons (Fsp3) is 0.444. The third kappa shape index (κ3) is 3.29. The van der Waals surface area contributed by atoms with E-state index in [2.05, 4.69) is 10.3 Å². The molecule has 23 heavy (non-hydrogen) atoms. The molecule has 1 fully saturated rings. The minimum absolute atomic E-state index is 0.103. The molecule has 3 N–H and O–H groups in total. The molecule has 0 atom stereocenters. The van der Waals surface area contributed by atoms with Gasteiger partial charge in [-0.15, -0.1) is 0 Å². The molecule has 1 aromatic heterocycles. The Labute approximate surface area is 136 Å². The molecule has 0 bridgehead atoms. The van der Waals surface area contributed by atoms with Gasteiger partial charge >= 0.3 is 0 Å². The second kappa shape index (κ2) is 6.16. The maximum absolute atomic E-state index is 12.5. The molecular weight excluding hydrogens is 290 g/mol. The number of oxazole rings is 1. The second-order valence-corrected chi connectivity index (χ2v) is 6.41. The van der Waals surface area contributed by atoms with Gasteiger partial charge in [0.05, 0.1) is 11.2 Å². The predicted molar refractivity (Wildman–Crippen MR) is 90.0 cm³/mol. The Kier molecular flexibility index (Phi) is 4.22. The van der Waals surface area contributed by atoms with Crippen LogP contribution in [0.4, 0.5) is 5.69 Å². The molecule has 1 aliphatic carbocycles. The van der Waals surface area contributed by atoms with Gasteiger partial charge in [-0.25, -0.2) is 4.98 Å². The zero-order valence-corrected chi connectivity index (χ0v) is 13.7. The lowest BCUT2D eigenvalue weighted by molar-refractivity contribution is -0.122. The van der Waals surface area contributed by atoms with Crippen LogP contribution in [0.1, 0.15) is 43.6 Å². The molecule has 1 saturated carbocycles. The average molecular weight is 313 g/mol. The minimum Gasteiger partial charge on any atom is -0.441 e. The number of hydrogen-bond acceptors (Lipinski definition) is 4. The molecule has 1 aromatic carbocycles. The Morgan fingerprint density at radius 3 is 2.65 bits per heavy atom. The molecule has 0 unspecified atom stereocenters. The van der Waals surface area contributed by atoms with Gasteiger partial charge in [-0.05, 0) is 44.9 Å². The lowest BCUT2D eigenvalue weighted by atomic mass is 9.82. The third-order valence-corrected chi connectivity index (χ3v) is 4.59. The summed E-state index contributed by atoms with van der Waals surface area (Å²) in [6.45, 7) is 3.80. The van der Waals surface area contributed by atoms with Gasteiger partial charge in [0.15, 0.2) is 0 Å². The van der Waals surface area contributed by atoms with Crippen molar-refractivity contribution >= 4 is 11.6 Å². The van der Waals surface area contributed by atoms with Crippen molar-refractivity contribution in [1.29, 1.82) is 0 Å². The van der Waals surface area contributed by atoms with E-state index in [4.69, 9.17) is 10.2 Å². The fourth-order valence-electron chi connectivity index (χ4n) is 2.99. The SMILES string of the molecule is Cc1nc(-c2cccc(NC(=O)C3(N)CCCCC3)c2)oc1C. The van der Waals surface area contributed by atoms with Crippen LogP contribution in [0.3, 0.4) is 0 Å². The highest BCUT2D eigenvalue weighted by molar-refractivity contribution is 5.98. The standard InChI is InChI=1S/C18H23N3O2/c1-12-13(2)23-16(20-12)14-7-6-8-15(11-14)21-17(22)18(19)9-4-3-5-10-18/h6-8,11H,3-5,9-10,19H2,1-2H3,(H,21,22). The van der Waals surface area contributed by atoms with Crippen molar-refractivity contribution in [2.75, 3.05) is 5.32 Å². The molecule has 0 radical (unpaired) electrons. The first kappa shape index (κ1) is 15.7. The van der Waals surface area contributed by atoms with Gasteiger partial charge in [-0.2, -0.15) is 0 Å². The monoisotopic (exact) mass is 313 g/mol. The van der Waals surface area contributed by atoms with Crippen LogP contribution in [0.15, 0.2) is 28.7 Å². The van der Waals surface area contributed by atoms with E-state index in [0.29, 0.717) is 5.89 Å². The van der Waals surface area contributed by atoms with Gasteiger partial charge in [-0.3, -0.25) is 4.79 Å². The molecule has 0 spiro atoms. The molecule has 1 aliphatic rings. The minimum atomic E-state index is -0.746. The number of nitrogens with zero attached hydrogens (tertiary/aromatic N) is 1. The molecule has 1 amide bonds. The molecule has 122 valence electrons. The van der Waals surface area contributed by atoms with Gasteiger partial charge < -0.3 is 15.5 Å². The van der Waals surface area contributed by atoms with Crippen LogP contribution < -0.4 is 11.1 Å². The number of aryl methyl sites for hydroxylation is 2. The van der Waals surface area contributed by atoms with Crippen molar-refractivity contribution in [2.45, 2.75) is 51.5 Å². The second-order valence-electron chi connectivity index (χ2n) is 6.41. The van der Waals surface area contributed by atoms with Gasteiger partial charge in [0.2, 0.25) is 11.8 Å². The largest absolute Gasteiger partial charge is 0.441 e. The highest BCUT2D eigenvalue weighted by Crippen LogP contribution is 2.28. The van der Waals surface area contributed by atoms with E-state index in [1.807, 2.05) is 38.1 Å². The Balaban J connectivity index is 1.78. The van der Waals surface area contributed by atoms with Gasteiger partial charge in [0, 0.05) is 11.3 Å². The highest BCUT2D eigenvalue weighted by Gasteiger charge is 2.35. The number of carbonyl (C=O) groups is 1. The number of amides is 1. The number of carbonyl (C=O) groups excluding carboxylic acids is 1. The number of anilines is 1. The number of aromatic nitrogens is 1. The lowest BCUT2D eigenvalue weighted by Gasteiger charge is -2.31. The first-order valence-electron chi connectivity index (χ1n) is 8.13. The summed E-state index contributed by atoms with van der Waals surface area (Å²) in [6, 6.07) is 7.52. The van der Waals surface area contributed by atoms with Crippen LogP contribution in [-0.2, 0) is 4.79 Å². The quantitative estimate of drug-likeness (QED) is 0.908. The zero-order chi connectivity index (χ0) is 16.4. The Morgan fingerprint density at radius 1 is 1.26 bits per heavy atom. The summed E-state index contributed by atoms with van der Waals surface area (Å²) < 4.78 is 5.65. The van der Waals surface area contributed by atoms with Crippen molar-refractivity contribution in [2.24, 2.45) is 5.73 Å². The smallest absolute Gasteiger partial charge is 0.244 e. The first-order chi connectivity index (χ1) is 11.0. The number of benzene rings is 1. The van der Waals surface area contributed by atoms with Crippen molar-refractivity contribution in [3.05, 3.63) is 35.7 Å². The Hall–Kier alpha value is -2.14. The van der Waals surface area contributed by atoms with Gasteiger partial charge in [-0.1, -0.05) is 25.3 Å². The van der Waals surface area contributed by atoms with Crippen molar-refractivity contribution in [3.8, 4) is 11.5 Å². The van der Waals surface area contributed by atoms with Crippen molar-refractivity contribution in [3.63, 3.8) is 0 Å². The molecule has 2 aromatic rings. The molecule has 1 heterocycles. The van der Waals surface area contributed by atoms with Crippen LogP contribution in [0, 0.1) is 13.8 Å². The predicted octanol–water partition coefficient (Wildman–Crippen LogP) is 3.56. The maximum atomic E-state index is 12.5. The fourth-order valence-corrected chi connectivity index (χ4v) is 2.99. The summed E-state index contributed by atoms with van der Waals surface area (Å²) >= 11 is 0. The van der Waals surface area contributed by atoms with E-state index < -0.39 is 5.54 Å². The highest BCUT2D eigenvalue weighted by atomic mass is 16.4. The molecular formula is C18H23N3O2. The summed E-state index contributed by atoms with van der Waals surface area (Å²) in [5, 5.41) is 2.95. The van der Waals surface area contributed by atoms with E-state index in [1.54, 1.807) is 0 Å². The van der Waals surface area contributed by atoms with Gasteiger partial charge in [0.25, 0.3) is 0 Å². The van der Waals surface area contributed by atoms with Crippen LogP contribution in [0.2, 0.25) is 0 Å². The summed E-state index contributed by atoms with van der Waals surface area (Å²) in [6.07, 6.45) is 4.68. The topological polar surface area (TPSA) is 81.2 Å². The van der Waals surface area contributed by atoms with Crippen LogP contribution in [-0.4, -0.2) is 16.4 Å². The lowest BCUT2D eigenvalue weighted by Crippen LogP contribution is -2.52. The summed E-state index contributed by atoms with van der Waals surface area (Å²) in [7, 11) is 0. The van der Waals surface area contributed by atoms with Crippen LogP contribution >= 0.6 is 0 Å². The average Bonchev–Trinajstić information content (AvgIpc) is 2.88. The van der Waals surface area contributed by atoms with E-state index in [0.717, 1.165) is 54.8 Å². The number of rotatable bonds is 3. The number of hydrogen-bond donors (Lipinski definition) is 2. The number of nitrogens with two attached hydrogens (primary N) is 1. The van der Waals surface area contributed by atoms with Crippen molar-refractivity contribution in [1.82, 2.24) is 4.98 Å². The molecule has 3 rings (SSSR count). The molecule has 5 nitrogen and oxygen atoms in total. The summed E-state index contributed by atoms with van der Waals surface area (Å²) in [4.78, 5) is 16.9. The van der Waals surface area contributed by atoms with Crippen LogP contribution in [0.25, 0.3) is 11.5 Å². The first-order valence-corrected chi connectivity index (χ1v) is 8.13. The van der Waals surface area contributed by atoms with Gasteiger partial charge in [0.1, 0.15) is 5.76 Å². The number of nitrogens with one attached hydrogen (secondary N) is 1. The maximum Gasteiger partial charge on any atom is 0.244 e. The van der Waals surface area contributed by atoms with E-state index >= 15 is 0 Å². The van der Waals surface area contributed by atoms with Crippen molar-refractivity contribution < 1.29 is 9.21 Å². The third-order valence-electron chi connectivity index (χ3n) is 4.59. The van der Waals surface area contributed by atoms with E-state index in [-0.39, 0.29) is 5.91 Å². The van der Waals surface area contributed by atoms with Crippen LogP contribution in [0.5, 0.6) is 0 Å². The normalized spacial score (nSPS) is 17.0. The Morgan fingerprint density at radius 2 is 2.00 bits per heavy atom. The molecule has 0 saturated heterocycles. The molecule has 5 heteroatoms. The zero-order valence-electron chi connectivity index (χ0n) is 13.7. The summed E-state index contributed by atoms with van der Waals surface area (Å²) in [5.74, 6) is 1.27. The Bertz CT molecular complexity index is 695. The van der Waals surface area contributed by atoms with E-state index in [1.165, 1.54) is 0 Å².